The number of nitrogens with zero attached hydrogens (tertiary/aromatic N) is 2. The molecule has 1 aliphatic rings. The zero-order valence-electron chi connectivity index (χ0n) is 14.2. The van der Waals surface area contributed by atoms with Crippen molar-refractivity contribution in [3.8, 4) is 17.4 Å². The highest BCUT2D eigenvalue weighted by Gasteiger charge is 2.28. The second-order valence-corrected chi connectivity index (χ2v) is 5.76. The maximum absolute atomic E-state index is 12.2. The van der Waals surface area contributed by atoms with Crippen LogP contribution in [0, 0.1) is 0 Å². The Hall–Kier alpha value is -3.17. The fraction of sp³-hybridized carbons (Fsp3) is 0.294. The number of anilines is 1. The number of carbonyl (C=O) groups is 1. The molecule has 1 aliphatic heterocycles. The van der Waals surface area contributed by atoms with E-state index in [1.165, 1.54) is 23.2 Å². The van der Waals surface area contributed by atoms with Gasteiger partial charge in [0.25, 0.3) is 0 Å². The van der Waals surface area contributed by atoms with E-state index in [1.807, 2.05) is 6.07 Å². The summed E-state index contributed by atoms with van der Waals surface area (Å²) in [6.45, 7) is -0.933. The maximum atomic E-state index is 12.2. The minimum absolute atomic E-state index is 0.171. The van der Waals surface area contributed by atoms with Crippen LogP contribution in [-0.4, -0.2) is 42.5 Å². The summed E-state index contributed by atoms with van der Waals surface area (Å²) in [5, 5.41) is 2.60. The molecule has 0 atom stereocenters. The number of pyridine rings is 1. The smallest absolute Gasteiger partial charge is 0.422 e. The molecule has 0 saturated carbocycles. The Morgan fingerprint density at radius 2 is 2.04 bits per heavy atom. The number of benzene rings is 1. The molecule has 0 bridgehead atoms. The van der Waals surface area contributed by atoms with Gasteiger partial charge in [-0.1, -0.05) is 6.07 Å². The van der Waals surface area contributed by atoms with Crippen LogP contribution < -0.4 is 19.5 Å². The quantitative estimate of drug-likeness (QED) is 0.857. The lowest BCUT2D eigenvalue weighted by Gasteiger charge is -2.18. The van der Waals surface area contributed by atoms with Crippen LogP contribution in [0.25, 0.3) is 0 Å². The maximum Gasteiger partial charge on any atom is 0.422 e. The number of carbonyl (C=O) groups excluding carboxylic acids is 1. The molecule has 3 rings (SSSR count). The highest BCUT2D eigenvalue weighted by Crippen LogP contribution is 2.32. The van der Waals surface area contributed by atoms with Crippen molar-refractivity contribution < 1.29 is 32.2 Å². The lowest BCUT2D eigenvalue weighted by Crippen LogP contribution is -2.30. The van der Waals surface area contributed by atoms with E-state index >= 15 is 0 Å². The number of nitrogens with one attached hydrogen (secondary N) is 1. The number of urea groups is 1. The Labute approximate surface area is 152 Å². The van der Waals surface area contributed by atoms with Crippen molar-refractivity contribution in [2.24, 2.45) is 0 Å². The Bertz CT molecular complexity index is 812. The summed E-state index contributed by atoms with van der Waals surface area (Å²) in [6, 6.07) is 7.64. The number of hydrogen-bond acceptors (Lipinski definition) is 5. The first-order chi connectivity index (χ1) is 12.8. The second kappa shape index (κ2) is 7.60. The van der Waals surface area contributed by atoms with Crippen LogP contribution in [0.5, 0.6) is 17.4 Å². The highest BCUT2D eigenvalue weighted by atomic mass is 19.4. The molecule has 27 heavy (non-hydrogen) atoms. The summed E-state index contributed by atoms with van der Waals surface area (Å²) in [7, 11) is 1.61. The summed E-state index contributed by atoms with van der Waals surface area (Å²) in [6.07, 6.45) is -3.22. The molecule has 1 N–H and O–H groups in total. The molecule has 0 fully saturated rings. The summed E-state index contributed by atoms with van der Waals surface area (Å²) in [5.41, 5.74) is 1.18. The van der Waals surface area contributed by atoms with Gasteiger partial charge in [-0.15, -0.1) is 0 Å². The van der Waals surface area contributed by atoms with Crippen molar-refractivity contribution in [1.29, 1.82) is 0 Å². The molecule has 1 aromatic carbocycles. The van der Waals surface area contributed by atoms with Gasteiger partial charge in [0, 0.05) is 19.7 Å². The number of aromatic nitrogens is 1. The first-order valence-corrected chi connectivity index (χ1v) is 7.86. The first-order valence-electron chi connectivity index (χ1n) is 7.86. The molecule has 2 aromatic rings. The molecule has 2 amide bonds. The number of halogens is 3. The van der Waals surface area contributed by atoms with Crippen molar-refractivity contribution in [2.45, 2.75) is 12.7 Å². The van der Waals surface area contributed by atoms with Gasteiger partial charge in [0.05, 0.1) is 11.9 Å². The number of ether oxygens (including phenoxy) is 3. The van der Waals surface area contributed by atoms with Gasteiger partial charge in [-0.2, -0.15) is 13.2 Å². The third-order valence-electron chi connectivity index (χ3n) is 3.57. The number of rotatable bonds is 5. The number of amides is 2. The van der Waals surface area contributed by atoms with Crippen LogP contribution in [0.4, 0.5) is 23.7 Å². The summed E-state index contributed by atoms with van der Waals surface area (Å²) in [5.74, 6) is 1.10. The lowest BCUT2D eigenvalue weighted by molar-refractivity contribution is -0.154. The third-order valence-corrected chi connectivity index (χ3v) is 3.57. The average Bonchev–Trinajstić information content (AvgIpc) is 3.08. The predicted molar refractivity (Wildman–Crippen MR) is 88.8 cm³/mol. The molecule has 1 aromatic heterocycles. The molecule has 0 aliphatic carbocycles. The molecule has 0 saturated heterocycles. The Morgan fingerprint density at radius 3 is 2.74 bits per heavy atom. The number of fused-ring (bicyclic) bond motifs is 1. The zero-order valence-corrected chi connectivity index (χ0v) is 14.2. The van der Waals surface area contributed by atoms with Crippen molar-refractivity contribution in [1.82, 2.24) is 9.88 Å². The predicted octanol–water partition coefficient (Wildman–Crippen LogP) is 3.42. The van der Waals surface area contributed by atoms with Crippen molar-refractivity contribution >= 4 is 11.7 Å². The molecular formula is C17H16F3N3O4. The standard InChI is InChI=1S/C17H16F3N3O4/c1-23(8-11-2-4-13-14(6-11)27-10-26-13)16(24)22-12-3-5-15(21-7-12)25-9-17(18,19)20/h2-7H,8-10H2,1H3,(H,22,24). The van der Waals surface area contributed by atoms with Gasteiger partial charge in [-0.25, -0.2) is 9.78 Å². The average molecular weight is 383 g/mol. The van der Waals surface area contributed by atoms with Crippen LogP contribution >= 0.6 is 0 Å². The SMILES string of the molecule is CN(Cc1ccc2c(c1)OCO2)C(=O)Nc1ccc(OCC(F)(F)F)nc1. The number of alkyl halides is 3. The van der Waals surface area contributed by atoms with Crippen LogP contribution in [0.3, 0.4) is 0 Å². The normalized spacial score (nSPS) is 12.6. The fourth-order valence-corrected chi connectivity index (χ4v) is 2.30. The van der Waals surface area contributed by atoms with Crippen LogP contribution in [0.15, 0.2) is 36.5 Å². The monoisotopic (exact) mass is 383 g/mol. The molecule has 0 radical (unpaired) electrons. The molecular weight excluding hydrogens is 367 g/mol. The van der Waals surface area contributed by atoms with E-state index in [-0.39, 0.29) is 12.7 Å². The van der Waals surface area contributed by atoms with E-state index < -0.39 is 18.8 Å². The number of hydrogen-bond donors (Lipinski definition) is 1. The second-order valence-electron chi connectivity index (χ2n) is 5.76. The van der Waals surface area contributed by atoms with Gasteiger partial charge in [-0.3, -0.25) is 0 Å². The molecule has 0 spiro atoms. The Kier molecular flexibility index (Phi) is 5.24. The van der Waals surface area contributed by atoms with Crippen molar-refractivity contribution in [2.75, 3.05) is 25.8 Å². The minimum atomic E-state index is -4.44. The van der Waals surface area contributed by atoms with E-state index in [0.29, 0.717) is 23.7 Å². The summed E-state index contributed by atoms with van der Waals surface area (Å²) >= 11 is 0. The van der Waals surface area contributed by atoms with E-state index in [2.05, 4.69) is 15.0 Å². The molecule has 144 valence electrons. The van der Waals surface area contributed by atoms with Crippen LogP contribution in [0.1, 0.15) is 5.56 Å². The molecule has 7 nitrogen and oxygen atoms in total. The van der Waals surface area contributed by atoms with Gasteiger partial charge >= 0.3 is 12.2 Å². The van der Waals surface area contributed by atoms with Crippen molar-refractivity contribution in [3.05, 3.63) is 42.1 Å². The van der Waals surface area contributed by atoms with Gasteiger partial charge in [0.2, 0.25) is 12.7 Å². The molecule has 10 heteroatoms. The lowest BCUT2D eigenvalue weighted by atomic mass is 10.2. The van der Waals surface area contributed by atoms with Gasteiger partial charge in [-0.05, 0) is 23.8 Å². The fourth-order valence-electron chi connectivity index (χ4n) is 2.30. The van der Waals surface area contributed by atoms with E-state index in [9.17, 15) is 18.0 Å². The third kappa shape index (κ3) is 5.16. The Morgan fingerprint density at radius 1 is 1.26 bits per heavy atom. The largest absolute Gasteiger partial charge is 0.468 e. The van der Waals surface area contributed by atoms with Gasteiger partial charge in [0.15, 0.2) is 18.1 Å². The van der Waals surface area contributed by atoms with Crippen molar-refractivity contribution in [3.63, 3.8) is 0 Å². The molecule has 0 unspecified atom stereocenters. The topological polar surface area (TPSA) is 72.9 Å². The van der Waals surface area contributed by atoms with Crippen LogP contribution in [-0.2, 0) is 6.54 Å². The minimum Gasteiger partial charge on any atom is -0.468 e. The van der Waals surface area contributed by atoms with Crippen LogP contribution in [0.2, 0.25) is 0 Å². The van der Waals surface area contributed by atoms with Gasteiger partial charge in [0.1, 0.15) is 0 Å². The Balaban J connectivity index is 1.53. The van der Waals surface area contributed by atoms with E-state index in [1.54, 1.807) is 19.2 Å². The molecule has 2 heterocycles. The zero-order chi connectivity index (χ0) is 19.4. The van der Waals surface area contributed by atoms with E-state index in [4.69, 9.17) is 9.47 Å². The summed E-state index contributed by atoms with van der Waals surface area (Å²) in [4.78, 5) is 17.4. The highest BCUT2D eigenvalue weighted by molar-refractivity contribution is 5.88. The summed E-state index contributed by atoms with van der Waals surface area (Å²) < 4.78 is 51.4. The first kappa shape index (κ1) is 18.6. The van der Waals surface area contributed by atoms with E-state index in [0.717, 1.165) is 5.56 Å². The van der Waals surface area contributed by atoms with Gasteiger partial charge < -0.3 is 24.4 Å².